The largest absolute Gasteiger partial charge is 0.391 e. The van der Waals surface area contributed by atoms with Gasteiger partial charge in [0.25, 0.3) is 0 Å². The average molecular weight is 301 g/mol. The van der Waals surface area contributed by atoms with Crippen molar-refractivity contribution in [1.82, 2.24) is 4.90 Å². The third kappa shape index (κ3) is 3.19. The number of likely N-dealkylation sites (tertiary alicyclic amines) is 1. The van der Waals surface area contributed by atoms with Gasteiger partial charge in [0, 0.05) is 13.0 Å². The number of benzene rings is 1. The molecule has 0 aromatic heterocycles. The van der Waals surface area contributed by atoms with Gasteiger partial charge in [0.1, 0.15) is 0 Å². The van der Waals surface area contributed by atoms with E-state index in [0.29, 0.717) is 12.3 Å². The van der Waals surface area contributed by atoms with E-state index in [4.69, 9.17) is 0 Å². The maximum Gasteiger partial charge on any atom is 0.223 e. The van der Waals surface area contributed by atoms with Gasteiger partial charge in [-0.25, -0.2) is 0 Å². The average Bonchev–Trinajstić information content (AvgIpc) is 2.55. The maximum absolute atomic E-state index is 12.8. The van der Waals surface area contributed by atoms with Crippen LogP contribution in [-0.4, -0.2) is 34.6 Å². The third-order valence-electron chi connectivity index (χ3n) is 5.34. The quantitative estimate of drug-likeness (QED) is 0.931. The van der Waals surface area contributed by atoms with E-state index in [1.807, 2.05) is 11.8 Å². The summed E-state index contributed by atoms with van der Waals surface area (Å²) in [6.07, 6.45) is 6.71. The van der Waals surface area contributed by atoms with Gasteiger partial charge in [0.15, 0.2) is 0 Å². The minimum absolute atomic E-state index is 0.0140. The van der Waals surface area contributed by atoms with Crippen molar-refractivity contribution < 1.29 is 9.90 Å². The number of carbonyl (C=O) groups excluding carboxylic acids is 1. The van der Waals surface area contributed by atoms with Gasteiger partial charge in [-0.15, -0.1) is 0 Å². The lowest BCUT2D eigenvalue weighted by Crippen LogP contribution is -2.49. The molecule has 1 fully saturated rings. The summed E-state index contributed by atoms with van der Waals surface area (Å²) in [7, 11) is 0. The number of aliphatic hydroxyl groups excluding tert-OH is 1. The smallest absolute Gasteiger partial charge is 0.223 e. The number of hydrogen-bond donors (Lipinski definition) is 1. The molecule has 2 aliphatic rings. The molecule has 1 heterocycles. The summed E-state index contributed by atoms with van der Waals surface area (Å²) < 4.78 is 0. The number of rotatable bonds is 3. The molecule has 1 aromatic rings. The molecule has 1 aliphatic heterocycles. The third-order valence-corrected chi connectivity index (χ3v) is 5.34. The molecule has 120 valence electrons. The van der Waals surface area contributed by atoms with Gasteiger partial charge in [0.05, 0.1) is 12.1 Å². The second kappa shape index (κ2) is 6.82. The molecule has 0 radical (unpaired) electrons. The number of aryl methyl sites for hydroxylation is 1. The van der Waals surface area contributed by atoms with Crippen molar-refractivity contribution in [2.75, 3.05) is 6.54 Å². The second-order valence-corrected chi connectivity index (χ2v) is 6.88. The summed E-state index contributed by atoms with van der Waals surface area (Å²) in [5.74, 6) is 0.585. The first-order valence-corrected chi connectivity index (χ1v) is 8.72. The van der Waals surface area contributed by atoms with Crippen LogP contribution in [0.2, 0.25) is 0 Å². The fourth-order valence-corrected chi connectivity index (χ4v) is 4.16. The summed E-state index contributed by atoms with van der Waals surface area (Å²) in [4.78, 5) is 14.8. The highest BCUT2D eigenvalue weighted by molar-refractivity contribution is 5.77. The molecule has 1 aliphatic carbocycles. The van der Waals surface area contributed by atoms with Gasteiger partial charge >= 0.3 is 0 Å². The highest BCUT2D eigenvalue weighted by Gasteiger charge is 2.32. The summed E-state index contributed by atoms with van der Waals surface area (Å²) in [5, 5.41) is 9.97. The van der Waals surface area contributed by atoms with Gasteiger partial charge in [0.2, 0.25) is 5.91 Å². The van der Waals surface area contributed by atoms with Crippen molar-refractivity contribution >= 4 is 5.91 Å². The fraction of sp³-hybridized carbons (Fsp3) is 0.632. The van der Waals surface area contributed by atoms with Crippen LogP contribution in [-0.2, 0) is 11.2 Å². The minimum atomic E-state index is -0.428. The van der Waals surface area contributed by atoms with Crippen LogP contribution in [0.4, 0.5) is 0 Å². The Kier molecular flexibility index (Phi) is 4.82. The molecular formula is C19H27NO2. The number of hydrogen-bond acceptors (Lipinski definition) is 2. The number of piperidine rings is 1. The molecule has 22 heavy (non-hydrogen) atoms. The molecule has 0 bridgehead atoms. The van der Waals surface area contributed by atoms with E-state index in [9.17, 15) is 9.90 Å². The first kappa shape index (κ1) is 15.5. The molecular weight excluding hydrogens is 274 g/mol. The van der Waals surface area contributed by atoms with Crippen molar-refractivity contribution in [3.8, 4) is 0 Å². The van der Waals surface area contributed by atoms with E-state index in [1.165, 1.54) is 17.5 Å². The highest BCUT2D eigenvalue weighted by Crippen LogP contribution is 2.35. The van der Waals surface area contributed by atoms with Gasteiger partial charge < -0.3 is 10.0 Å². The number of nitrogens with zero attached hydrogens (tertiary/aromatic N) is 1. The fourth-order valence-electron chi connectivity index (χ4n) is 4.16. The number of aliphatic hydroxyl groups is 1. The van der Waals surface area contributed by atoms with Gasteiger partial charge in [-0.3, -0.25) is 4.79 Å². The van der Waals surface area contributed by atoms with E-state index >= 15 is 0 Å². The van der Waals surface area contributed by atoms with Crippen LogP contribution in [0, 0.1) is 0 Å². The molecule has 3 nitrogen and oxygen atoms in total. The first-order chi connectivity index (χ1) is 10.7. The molecule has 3 rings (SSSR count). The Hall–Kier alpha value is -1.35. The molecule has 1 saturated heterocycles. The number of fused-ring (bicyclic) bond motifs is 1. The predicted octanol–water partition coefficient (Wildman–Crippen LogP) is 3.26. The Morgan fingerprint density at radius 1 is 1.27 bits per heavy atom. The lowest BCUT2D eigenvalue weighted by atomic mass is 9.80. The van der Waals surface area contributed by atoms with E-state index in [0.717, 1.165) is 38.6 Å². The van der Waals surface area contributed by atoms with Gasteiger partial charge in [-0.2, -0.15) is 0 Å². The molecule has 0 spiro atoms. The van der Waals surface area contributed by atoms with Crippen LogP contribution >= 0.6 is 0 Å². The summed E-state index contributed by atoms with van der Waals surface area (Å²) in [6.45, 7) is 2.62. The first-order valence-electron chi connectivity index (χ1n) is 8.72. The highest BCUT2D eigenvalue weighted by atomic mass is 16.3. The standard InChI is InChI=1S/C19H27NO2/c1-14(21)18-11-4-5-12-20(18)19(22)13-16-9-6-8-15-7-2-3-10-17(15)16/h2-3,7,10,14,16,18,21H,4-6,8-9,11-13H2,1H3. The normalized spacial score (nSPS) is 26.4. The lowest BCUT2D eigenvalue weighted by Gasteiger charge is -2.38. The van der Waals surface area contributed by atoms with Crippen LogP contribution in [0.5, 0.6) is 0 Å². The Morgan fingerprint density at radius 3 is 2.91 bits per heavy atom. The van der Waals surface area contributed by atoms with Crippen LogP contribution in [0.1, 0.15) is 62.5 Å². The molecule has 3 unspecified atom stereocenters. The zero-order chi connectivity index (χ0) is 15.5. The van der Waals surface area contributed by atoms with E-state index in [-0.39, 0.29) is 11.9 Å². The Bertz CT molecular complexity index is 526. The topological polar surface area (TPSA) is 40.5 Å². The predicted molar refractivity (Wildman–Crippen MR) is 87.8 cm³/mol. The number of carbonyl (C=O) groups is 1. The van der Waals surface area contributed by atoms with Crippen LogP contribution < -0.4 is 0 Å². The summed E-state index contributed by atoms with van der Waals surface area (Å²) in [5.41, 5.74) is 2.78. The van der Waals surface area contributed by atoms with E-state index < -0.39 is 6.10 Å². The number of amides is 1. The van der Waals surface area contributed by atoms with Gasteiger partial charge in [-0.1, -0.05) is 24.3 Å². The monoisotopic (exact) mass is 301 g/mol. The molecule has 1 amide bonds. The van der Waals surface area contributed by atoms with Crippen molar-refractivity contribution in [3.63, 3.8) is 0 Å². The maximum atomic E-state index is 12.8. The van der Waals surface area contributed by atoms with Gasteiger partial charge in [-0.05, 0) is 62.5 Å². The molecule has 3 atom stereocenters. The molecule has 1 N–H and O–H groups in total. The molecule has 0 saturated carbocycles. The summed E-state index contributed by atoms with van der Waals surface area (Å²) >= 11 is 0. The second-order valence-electron chi connectivity index (χ2n) is 6.88. The zero-order valence-corrected chi connectivity index (χ0v) is 13.5. The van der Waals surface area contributed by atoms with Crippen molar-refractivity contribution in [2.45, 2.75) is 69.9 Å². The van der Waals surface area contributed by atoms with Crippen molar-refractivity contribution in [1.29, 1.82) is 0 Å². The van der Waals surface area contributed by atoms with Crippen LogP contribution in [0.25, 0.3) is 0 Å². The summed E-state index contributed by atoms with van der Waals surface area (Å²) in [6, 6.07) is 8.58. The molecule has 3 heteroatoms. The zero-order valence-electron chi connectivity index (χ0n) is 13.5. The lowest BCUT2D eigenvalue weighted by molar-refractivity contribution is -0.138. The van der Waals surface area contributed by atoms with Crippen LogP contribution in [0.15, 0.2) is 24.3 Å². The molecule has 1 aromatic carbocycles. The Morgan fingerprint density at radius 2 is 2.09 bits per heavy atom. The van der Waals surface area contributed by atoms with E-state index in [1.54, 1.807) is 0 Å². The van der Waals surface area contributed by atoms with E-state index in [2.05, 4.69) is 24.3 Å². The van der Waals surface area contributed by atoms with Crippen molar-refractivity contribution in [2.24, 2.45) is 0 Å². The minimum Gasteiger partial charge on any atom is -0.391 e. The SMILES string of the molecule is CC(O)C1CCCCN1C(=O)CC1CCCc2ccccc21. The van der Waals surface area contributed by atoms with Crippen molar-refractivity contribution in [3.05, 3.63) is 35.4 Å². The Balaban J connectivity index is 1.72. The van der Waals surface area contributed by atoms with Crippen LogP contribution in [0.3, 0.4) is 0 Å². The Labute approximate surface area is 133 Å².